The van der Waals surface area contributed by atoms with Gasteiger partial charge < -0.3 is 24.4 Å². The van der Waals surface area contributed by atoms with Gasteiger partial charge in [-0.2, -0.15) is 0 Å². The van der Waals surface area contributed by atoms with Crippen LogP contribution in [0.5, 0.6) is 0 Å². The maximum absolute atomic E-state index is 6.13. The van der Waals surface area contributed by atoms with E-state index >= 15 is 0 Å². The van der Waals surface area contributed by atoms with Crippen LogP contribution in [0.15, 0.2) is 4.99 Å². The van der Waals surface area contributed by atoms with Crippen molar-refractivity contribution in [1.29, 1.82) is 0 Å². The van der Waals surface area contributed by atoms with Gasteiger partial charge in [-0.25, -0.2) is 0 Å². The monoisotopic (exact) mass is 397 g/mol. The molecule has 28 heavy (non-hydrogen) atoms. The van der Waals surface area contributed by atoms with Crippen LogP contribution in [-0.2, 0) is 14.2 Å². The molecule has 0 aromatic carbocycles. The molecule has 6 nitrogen and oxygen atoms in total. The number of hydrogen-bond acceptors (Lipinski definition) is 4. The largest absolute Gasteiger partial charge is 0.385 e. The average Bonchev–Trinajstić information content (AvgIpc) is 2.68. The Bertz CT molecular complexity index is 456. The van der Waals surface area contributed by atoms with Gasteiger partial charge in [0.25, 0.3) is 0 Å². The molecule has 6 heteroatoms. The number of methoxy groups -OCH3 is 1. The SMILES string of the molecule is CCNC(=NCC1CCCOC1C(C)(C)C)N1CCC(OCCCOC)CC1. The van der Waals surface area contributed by atoms with Gasteiger partial charge in [-0.1, -0.05) is 20.8 Å². The highest BCUT2D eigenvalue weighted by molar-refractivity contribution is 5.80. The molecule has 2 heterocycles. The summed E-state index contributed by atoms with van der Waals surface area (Å²) in [7, 11) is 1.74. The zero-order valence-corrected chi connectivity index (χ0v) is 18.8. The minimum atomic E-state index is 0.164. The lowest BCUT2D eigenvalue weighted by atomic mass is 9.78. The minimum Gasteiger partial charge on any atom is -0.385 e. The number of rotatable bonds is 8. The Balaban J connectivity index is 1.86. The third kappa shape index (κ3) is 7.53. The highest BCUT2D eigenvalue weighted by Gasteiger charge is 2.35. The van der Waals surface area contributed by atoms with Gasteiger partial charge in [0.2, 0.25) is 0 Å². The summed E-state index contributed by atoms with van der Waals surface area (Å²) in [6.07, 6.45) is 6.12. The summed E-state index contributed by atoms with van der Waals surface area (Å²) in [6.45, 7) is 15.2. The molecule has 0 aromatic heterocycles. The molecule has 2 saturated heterocycles. The van der Waals surface area contributed by atoms with Crippen LogP contribution in [0.3, 0.4) is 0 Å². The number of guanidine groups is 1. The molecule has 2 atom stereocenters. The molecule has 2 aliphatic heterocycles. The van der Waals surface area contributed by atoms with Crippen LogP contribution in [0.25, 0.3) is 0 Å². The number of piperidine rings is 1. The van der Waals surface area contributed by atoms with Crippen LogP contribution < -0.4 is 5.32 Å². The molecule has 2 fully saturated rings. The molecule has 2 aliphatic rings. The van der Waals surface area contributed by atoms with Crippen molar-refractivity contribution in [2.24, 2.45) is 16.3 Å². The van der Waals surface area contributed by atoms with E-state index in [4.69, 9.17) is 19.2 Å². The Morgan fingerprint density at radius 1 is 1.18 bits per heavy atom. The quantitative estimate of drug-likeness (QED) is 0.387. The Morgan fingerprint density at radius 2 is 1.93 bits per heavy atom. The second-order valence-electron chi connectivity index (χ2n) is 9.16. The van der Waals surface area contributed by atoms with Gasteiger partial charge in [-0.3, -0.25) is 4.99 Å². The van der Waals surface area contributed by atoms with E-state index in [1.165, 1.54) is 6.42 Å². The van der Waals surface area contributed by atoms with E-state index in [1.807, 2.05) is 0 Å². The zero-order chi connectivity index (χ0) is 20.4. The van der Waals surface area contributed by atoms with Crippen molar-refractivity contribution in [3.05, 3.63) is 0 Å². The van der Waals surface area contributed by atoms with Crippen molar-refractivity contribution >= 4 is 5.96 Å². The van der Waals surface area contributed by atoms with E-state index in [0.717, 1.165) is 77.6 Å². The fourth-order valence-corrected chi connectivity index (χ4v) is 4.30. The average molecular weight is 398 g/mol. The first kappa shape index (κ1) is 23.4. The standard InChI is InChI=1S/C22H43N3O3/c1-6-23-21(24-17-18-9-7-15-28-20(18)22(2,3)4)25-12-10-19(11-13-25)27-16-8-14-26-5/h18-20H,6-17H2,1-5H3,(H,23,24). The molecule has 0 bridgehead atoms. The fourth-order valence-electron chi connectivity index (χ4n) is 4.30. The molecule has 0 aromatic rings. The molecule has 0 aliphatic carbocycles. The number of nitrogens with one attached hydrogen (secondary N) is 1. The van der Waals surface area contributed by atoms with Crippen LogP contribution in [0.4, 0.5) is 0 Å². The highest BCUT2D eigenvalue weighted by atomic mass is 16.5. The summed E-state index contributed by atoms with van der Waals surface area (Å²) in [6, 6.07) is 0. The van der Waals surface area contributed by atoms with E-state index in [-0.39, 0.29) is 5.41 Å². The molecular weight excluding hydrogens is 354 g/mol. The highest BCUT2D eigenvalue weighted by Crippen LogP contribution is 2.34. The maximum atomic E-state index is 6.13. The fraction of sp³-hybridized carbons (Fsp3) is 0.955. The Labute approximate surface area is 172 Å². The molecular formula is C22H43N3O3. The van der Waals surface area contributed by atoms with Gasteiger partial charge in [0.15, 0.2) is 5.96 Å². The Kier molecular flexibility index (Phi) is 10.0. The number of nitrogens with zero attached hydrogens (tertiary/aromatic N) is 2. The van der Waals surface area contributed by atoms with Crippen molar-refractivity contribution in [3.8, 4) is 0 Å². The lowest BCUT2D eigenvalue weighted by molar-refractivity contribution is -0.0824. The lowest BCUT2D eigenvalue weighted by Gasteiger charge is -2.40. The predicted octanol–water partition coefficient (Wildman–Crippen LogP) is 3.31. The number of hydrogen-bond donors (Lipinski definition) is 1. The predicted molar refractivity (Wildman–Crippen MR) is 115 cm³/mol. The topological polar surface area (TPSA) is 55.3 Å². The second kappa shape index (κ2) is 12.0. The smallest absolute Gasteiger partial charge is 0.193 e. The number of ether oxygens (including phenoxy) is 3. The van der Waals surface area contributed by atoms with Gasteiger partial charge in [-0.05, 0) is 44.4 Å². The van der Waals surface area contributed by atoms with E-state index < -0.39 is 0 Å². The molecule has 0 amide bonds. The first-order valence-electron chi connectivity index (χ1n) is 11.2. The van der Waals surface area contributed by atoms with Gasteiger partial charge in [-0.15, -0.1) is 0 Å². The van der Waals surface area contributed by atoms with Crippen LogP contribution in [0.1, 0.15) is 59.8 Å². The first-order valence-corrected chi connectivity index (χ1v) is 11.2. The molecule has 2 unspecified atom stereocenters. The third-order valence-electron chi connectivity index (χ3n) is 5.70. The molecule has 0 radical (unpaired) electrons. The van der Waals surface area contributed by atoms with Crippen LogP contribution in [0, 0.1) is 11.3 Å². The van der Waals surface area contributed by atoms with Crippen molar-refractivity contribution in [1.82, 2.24) is 10.2 Å². The van der Waals surface area contributed by atoms with Crippen molar-refractivity contribution in [2.45, 2.75) is 72.0 Å². The maximum Gasteiger partial charge on any atom is 0.193 e. The van der Waals surface area contributed by atoms with E-state index in [1.54, 1.807) is 7.11 Å². The minimum absolute atomic E-state index is 0.164. The summed E-state index contributed by atoms with van der Waals surface area (Å²) >= 11 is 0. The van der Waals surface area contributed by atoms with Crippen LogP contribution >= 0.6 is 0 Å². The van der Waals surface area contributed by atoms with Crippen LogP contribution in [-0.4, -0.2) is 76.2 Å². The molecule has 2 rings (SSSR count). The van der Waals surface area contributed by atoms with Gasteiger partial charge >= 0.3 is 0 Å². The second-order valence-corrected chi connectivity index (χ2v) is 9.16. The molecule has 1 N–H and O–H groups in total. The van der Waals surface area contributed by atoms with Gasteiger partial charge in [0, 0.05) is 59.0 Å². The third-order valence-corrected chi connectivity index (χ3v) is 5.70. The molecule has 0 saturated carbocycles. The van der Waals surface area contributed by atoms with Crippen molar-refractivity contribution in [2.75, 3.05) is 53.1 Å². The van der Waals surface area contributed by atoms with E-state index in [9.17, 15) is 0 Å². The van der Waals surface area contributed by atoms with E-state index in [2.05, 4.69) is 37.9 Å². The Morgan fingerprint density at radius 3 is 2.57 bits per heavy atom. The number of likely N-dealkylation sites (tertiary alicyclic amines) is 1. The first-order chi connectivity index (χ1) is 13.5. The molecule has 164 valence electrons. The van der Waals surface area contributed by atoms with Crippen LogP contribution in [0.2, 0.25) is 0 Å². The summed E-state index contributed by atoms with van der Waals surface area (Å²) in [5, 5.41) is 3.50. The van der Waals surface area contributed by atoms with Crippen molar-refractivity contribution in [3.63, 3.8) is 0 Å². The summed E-state index contributed by atoms with van der Waals surface area (Å²) in [5.74, 6) is 1.56. The van der Waals surface area contributed by atoms with E-state index in [0.29, 0.717) is 18.1 Å². The molecule has 0 spiro atoms. The summed E-state index contributed by atoms with van der Waals surface area (Å²) in [5.41, 5.74) is 0.164. The number of aliphatic imine (C=N–C) groups is 1. The normalized spacial score (nSPS) is 25.2. The lowest BCUT2D eigenvalue weighted by Crippen LogP contribution is -2.48. The van der Waals surface area contributed by atoms with Crippen molar-refractivity contribution < 1.29 is 14.2 Å². The van der Waals surface area contributed by atoms with Gasteiger partial charge in [0.05, 0.1) is 12.2 Å². The van der Waals surface area contributed by atoms with Gasteiger partial charge in [0.1, 0.15) is 0 Å². The summed E-state index contributed by atoms with van der Waals surface area (Å²) in [4.78, 5) is 7.43. The Hall–Kier alpha value is -0.850. The zero-order valence-electron chi connectivity index (χ0n) is 18.8. The summed E-state index contributed by atoms with van der Waals surface area (Å²) < 4.78 is 17.2.